The van der Waals surface area contributed by atoms with Gasteiger partial charge in [-0.15, -0.1) is 24.0 Å². The number of aliphatic imine (C=N–C) groups is 1. The lowest BCUT2D eigenvalue weighted by Crippen LogP contribution is -2.50. The van der Waals surface area contributed by atoms with E-state index in [9.17, 15) is 8.42 Å². The van der Waals surface area contributed by atoms with Crippen LogP contribution in [0.2, 0.25) is 0 Å². The molecule has 8 heteroatoms. The Morgan fingerprint density at radius 1 is 1.04 bits per heavy atom. The summed E-state index contributed by atoms with van der Waals surface area (Å²) in [7, 11) is -3.06. The Kier molecular flexibility index (Phi) is 9.80. The van der Waals surface area contributed by atoms with Gasteiger partial charge in [0.1, 0.15) is 0 Å². The summed E-state index contributed by atoms with van der Waals surface area (Å²) in [5.41, 5.74) is 0. The number of piperidine rings is 1. The molecular formula is C20H39IN4O2S. The SMILES string of the molecule is CCCS(=O)(=O)N1CCC(NC(=NCC)NC2CC2C2CCCCC2)CC1.I. The molecule has 28 heavy (non-hydrogen) atoms. The third-order valence-corrected chi connectivity index (χ3v) is 8.46. The van der Waals surface area contributed by atoms with Crippen molar-refractivity contribution in [2.45, 2.75) is 83.7 Å². The molecule has 0 aromatic carbocycles. The maximum atomic E-state index is 12.2. The number of nitrogens with one attached hydrogen (secondary N) is 2. The summed E-state index contributed by atoms with van der Waals surface area (Å²) >= 11 is 0. The molecule has 2 atom stereocenters. The summed E-state index contributed by atoms with van der Waals surface area (Å²) in [6.07, 6.45) is 10.7. The quantitative estimate of drug-likeness (QED) is 0.303. The van der Waals surface area contributed by atoms with E-state index in [0.717, 1.165) is 37.2 Å². The fourth-order valence-electron chi connectivity index (χ4n) is 4.79. The molecule has 0 aromatic heterocycles. The van der Waals surface area contributed by atoms with E-state index in [0.29, 0.717) is 31.6 Å². The highest BCUT2D eigenvalue weighted by Crippen LogP contribution is 2.44. The number of sulfonamides is 1. The zero-order valence-electron chi connectivity index (χ0n) is 17.5. The molecule has 0 bridgehead atoms. The molecule has 3 rings (SSSR count). The van der Waals surface area contributed by atoms with E-state index in [1.165, 1.54) is 38.5 Å². The van der Waals surface area contributed by atoms with Crippen LogP contribution in [-0.2, 0) is 10.0 Å². The van der Waals surface area contributed by atoms with Crippen LogP contribution in [0.4, 0.5) is 0 Å². The molecule has 2 unspecified atom stereocenters. The fourth-order valence-corrected chi connectivity index (χ4v) is 6.33. The summed E-state index contributed by atoms with van der Waals surface area (Å²) in [5, 5.41) is 7.23. The standard InChI is InChI=1S/C20H38N4O2S.HI/c1-3-14-27(25,26)24-12-10-17(11-13-24)22-20(21-4-2)23-19-15-18(19)16-8-6-5-7-9-16;/h16-19H,3-15H2,1-2H3,(H2,21,22,23);1H. The summed E-state index contributed by atoms with van der Waals surface area (Å²) in [6.45, 7) is 5.99. The van der Waals surface area contributed by atoms with Crippen molar-refractivity contribution < 1.29 is 8.42 Å². The molecule has 2 aliphatic carbocycles. The van der Waals surface area contributed by atoms with Crippen molar-refractivity contribution in [3.05, 3.63) is 0 Å². The van der Waals surface area contributed by atoms with Crippen LogP contribution in [0.1, 0.15) is 71.6 Å². The first-order chi connectivity index (χ1) is 13.0. The number of hydrogen-bond acceptors (Lipinski definition) is 3. The Labute approximate surface area is 188 Å². The molecule has 0 amide bonds. The maximum Gasteiger partial charge on any atom is 0.214 e. The van der Waals surface area contributed by atoms with Gasteiger partial charge in [-0.25, -0.2) is 12.7 Å². The zero-order valence-corrected chi connectivity index (χ0v) is 20.7. The molecule has 2 N–H and O–H groups in total. The van der Waals surface area contributed by atoms with Crippen molar-refractivity contribution in [1.29, 1.82) is 0 Å². The van der Waals surface area contributed by atoms with Crippen molar-refractivity contribution in [3.8, 4) is 0 Å². The van der Waals surface area contributed by atoms with E-state index in [1.807, 2.05) is 6.92 Å². The molecule has 0 spiro atoms. The topological polar surface area (TPSA) is 73.8 Å². The highest BCUT2D eigenvalue weighted by atomic mass is 127. The van der Waals surface area contributed by atoms with Gasteiger partial charge in [-0.05, 0) is 44.4 Å². The smallest absolute Gasteiger partial charge is 0.214 e. The van der Waals surface area contributed by atoms with Gasteiger partial charge in [0, 0.05) is 31.7 Å². The first-order valence-electron chi connectivity index (χ1n) is 11.1. The molecule has 0 aromatic rings. The van der Waals surface area contributed by atoms with Crippen LogP contribution in [0.15, 0.2) is 4.99 Å². The van der Waals surface area contributed by atoms with Gasteiger partial charge in [-0.1, -0.05) is 39.0 Å². The summed E-state index contributed by atoms with van der Waals surface area (Å²) in [5.74, 6) is 2.93. The Balaban J connectivity index is 0.00000280. The Morgan fingerprint density at radius 3 is 2.32 bits per heavy atom. The van der Waals surface area contributed by atoms with E-state index in [1.54, 1.807) is 4.31 Å². The number of halogens is 1. The minimum atomic E-state index is -3.06. The lowest BCUT2D eigenvalue weighted by atomic mass is 9.85. The molecule has 3 fully saturated rings. The van der Waals surface area contributed by atoms with Crippen LogP contribution >= 0.6 is 24.0 Å². The van der Waals surface area contributed by atoms with Gasteiger partial charge in [0.25, 0.3) is 0 Å². The van der Waals surface area contributed by atoms with Gasteiger partial charge in [0.2, 0.25) is 10.0 Å². The lowest BCUT2D eigenvalue weighted by Gasteiger charge is -2.32. The molecule has 2 saturated carbocycles. The molecule has 164 valence electrons. The van der Waals surface area contributed by atoms with E-state index in [4.69, 9.17) is 0 Å². The van der Waals surface area contributed by atoms with E-state index in [2.05, 4.69) is 22.5 Å². The van der Waals surface area contributed by atoms with E-state index >= 15 is 0 Å². The van der Waals surface area contributed by atoms with Crippen molar-refractivity contribution in [2.24, 2.45) is 16.8 Å². The molecule has 0 radical (unpaired) electrons. The normalized spacial score (nSPS) is 27.9. The van der Waals surface area contributed by atoms with Crippen LogP contribution < -0.4 is 10.6 Å². The summed E-state index contributed by atoms with van der Waals surface area (Å²) in [6, 6.07) is 0.888. The average Bonchev–Trinajstić information content (AvgIpc) is 3.42. The Hall–Kier alpha value is -0.0900. The van der Waals surface area contributed by atoms with Gasteiger partial charge in [0.15, 0.2) is 5.96 Å². The third-order valence-electron chi connectivity index (χ3n) is 6.38. The van der Waals surface area contributed by atoms with Crippen LogP contribution in [0.5, 0.6) is 0 Å². The number of hydrogen-bond donors (Lipinski definition) is 2. The second-order valence-corrected chi connectivity index (χ2v) is 10.6. The lowest BCUT2D eigenvalue weighted by molar-refractivity contribution is 0.304. The highest BCUT2D eigenvalue weighted by Gasteiger charge is 2.43. The minimum Gasteiger partial charge on any atom is -0.354 e. The monoisotopic (exact) mass is 526 g/mol. The second-order valence-electron chi connectivity index (χ2n) is 8.51. The van der Waals surface area contributed by atoms with Gasteiger partial charge < -0.3 is 10.6 Å². The highest BCUT2D eigenvalue weighted by molar-refractivity contribution is 14.0. The van der Waals surface area contributed by atoms with Crippen LogP contribution in [-0.4, -0.2) is 56.2 Å². The number of nitrogens with zero attached hydrogens (tertiary/aromatic N) is 2. The van der Waals surface area contributed by atoms with Gasteiger partial charge >= 0.3 is 0 Å². The molecule has 3 aliphatic rings. The predicted molar refractivity (Wildman–Crippen MR) is 127 cm³/mol. The van der Waals surface area contributed by atoms with E-state index < -0.39 is 10.0 Å². The van der Waals surface area contributed by atoms with Crippen LogP contribution in [0.3, 0.4) is 0 Å². The maximum absolute atomic E-state index is 12.2. The Morgan fingerprint density at radius 2 is 1.71 bits per heavy atom. The first-order valence-corrected chi connectivity index (χ1v) is 12.7. The van der Waals surface area contributed by atoms with Gasteiger partial charge in [0.05, 0.1) is 5.75 Å². The summed E-state index contributed by atoms with van der Waals surface area (Å²) in [4.78, 5) is 4.64. The number of rotatable bonds is 7. The van der Waals surface area contributed by atoms with Crippen molar-refractivity contribution in [1.82, 2.24) is 14.9 Å². The molecule has 1 aliphatic heterocycles. The minimum absolute atomic E-state index is 0. The third kappa shape index (κ3) is 6.72. The zero-order chi connectivity index (χ0) is 19.3. The van der Waals surface area contributed by atoms with Crippen molar-refractivity contribution in [3.63, 3.8) is 0 Å². The number of guanidine groups is 1. The Bertz CT molecular complexity index is 599. The van der Waals surface area contributed by atoms with Crippen LogP contribution in [0.25, 0.3) is 0 Å². The fraction of sp³-hybridized carbons (Fsp3) is 0.950. The molecular weight excluding hydrogens is 487 g/mol. The first kappa shape index (κ1) is 24.2. The van der Waals surface area contributed by atoms with Crippen molar-refractivity contribution >= 4 is 40.0 Å². The average molecular weight is 527 g/mol. The van der Waals surface area contributed by atoms with Gasteiger partial charge in [-0.2, -0.15) is 0 Å². The molecule has 6 nitrogen and oxygen atoms in total. The van der Waals surface area contributed by atoms with Gasteiger partial charge in [-0.3, -0.25) is 4.99 Å². The van der Waals surface area contributed by atoms with Crippen molar-refractivity contribution in [2.75, 3.05) is 25.4 Å². The predicted octanol–water partition coefficient (Wildman–Crippen LogP) is 3.33. The molecule has 1 saturated heterocycles. The molecule has 1 heterocycles. The summed E-state index contributed by atoms with van der Waals surface area (Å²) < 4.78 is 26.1. The largest absolute Gasteiger partial charge is 0.354 e. The van der Waals surface area contributed by atoms with E-state index in [-0.39, 0.29) is 29.7 Å². The second kappa shape index (κ2) is 11.3. The van der Waals surface area contributed by atoms with Crippen LogP contribution in [0, 0.1) is 11.8 Å².